The third-order valence-corrected chi connectivity index (χ3v) is 3.48. The SMILES string of the molecule is C=C(C)C(=O)OCCOC(=O)C(=C)C.CC=C(O)C(O)(C=C(C)C(=O)O)C=C(C)C(=O)O. The maximum atomic E-state index is 10.8. The van der Waals surface area contributed by atoms with Crippen LogP contribution in [-0.4, -0.2) is 63.1 Å². The molecule has 0 aliphatic carbocycles. The largest absolute Gasteiger partial charge is 0.509 e. The standard InChI is InChI=1S/C12H16O6.C10H14O4/c1-4-9(13)12(18,5-7(2)10(14)15)6-8(3)11(16)17;1-7(2)9(11)13-5-6-14-10(12)8(3)4/h4-6,13,18H,1-3H3,(H,14,15)(H,16,17);1,3,5-6H2,2,4H3. The number of aliphatic carboxylic acids is 2. The van der Waals surface area contributed by atoms with Gasteiger partial charge in [-0.15, -0.1) is 0 Å². The van der Waals surface area contributed by atoms with Crippen molar-refractivity contribution in [1.29, 1.82) is 0 Å². The zero-order valence-corrected chi connectivity index (χ0v) is 18.8. The number of hydrogen-bond donors (Lipinski definition) is 4. The van der Waals surface area contributed by atoms with E-state index in [1.165, 1.54) is 20.8 Å². The van der Waals surface area contributed by atoms with Gasteiger partial charge < -0.3 is 29.9 Å². The summed E-state index contributed by atoms with van der Waals surface area (Å²) in [5, 5.41) is 37.1. The van der Waals surface area contributed by atoms with Crippen LogP contribution in [0.3, 0.4) is 0 Å². The van der Waals surface area contributed by atoms with E-state index in [0.717, 1.165) is 18.2 Å². The number of carbonyl (C=O) groups excluding carboxylic acids is 2. The molecule has 0 bridgehead atoms. The van der Waals surface area contributed by atoms with E-state index >= 15 is 0 Å². The molecule has 4 N–H and O–H groups in total. The molecule has 0 aromatic rings. The predicted octanol–water partition coefficient (Wildman–Crippen LogP) is 2.47. The molecule has 0 amide bonds. The molecule has 32 heavy (non-hydrogen) atoms. The average molecular weight is 454 g/mol. The molecule has 10 heteroatoms. The van der Waals surface area contributed by atoms with E-state index in [1.807, 2.05) is 0 Å². The Labute approximate surface area is 186 Å². The molecule has 0 aliphatic rings. The number of ether oxygens (including phenoxy) is 2. The van der Waals surface area contributed by atoms with Crippen molar-refractivity contribution in [2.75, 3.05) is 13.2 Å². The van der Waals surface area contributed by atoms with Gasteiger partial charge >= 0.3 is 23.9 Å². The number of allylic oxidation sites excluding steroid dienone is 1. The van der Waals surface area contributed by atoms with Crippen LogP contribution >= 0.6 is 0 Å². The van der Waals surface area contributed by atoms with Crippen LogP contribution in [0.1, 0.15) is 34.6 Å². The van der Waals surface area contributed by atoms with Gasteiger partial charge in [-0.3, -0.25) is 0 Å². The molecular formula is C22H30O10. The quantitative estimate of drug-likeness (QED) is 0.166. The maximum absolute atomic E-state index is 10.8. The Balaban J connectivity index is 0. The Morgan fingerprint density at radius 3 is 1.31 bits per heavy atom. The van der Waals surface area contributed by atoms with Crippen LogP contribution in [0.5, 0.6) is 0 Å². The summed E-state index contributed by atoms with van der Waals surface area (Å²) in [6.07, 6.45) is 2.89. The van der Waals surface area contributed by atoms with Gasteiger partial charge in [-0.2, -0.15) is 0 Å². The zero-order chi connectivity index (χ0) is 25.6. The number of carboxylic acid groups (broad SMARTS) is 2. The van der Waals surface area contributed by atoms with Crippen molar-refractivity contribution in [3.8, 4) is 0 Å². The molecule has 0 radical (unpaired) electrons. The fraction of sp³-hybridized carbons (Fsp3) is 0.364. The molecule has 0 saturated heterocycles. The minimum atomic E-state index is -2.15. The second kappa shape index (κ2) is 14.4. The van der Waals surface area contributed by atoms with E-state index in [2.05, 4.69) is 22.6 Å². The van der Waals surface area contributed by atoms with Crippen LogP contribution in [0, 0.1) is 0 Å². The summed E-state index contributed by atoms with van der Waals surface area (Å²) in [5.74, 6) is -4.09. The smallest absolute Gasteiger partial charge is 0.333 e. The Kier molecular flexibility index (Phi) is 13.7. The van der Waals surface area contributed by atoms with E-state index < -0.39 is 35.2 Å². The molecule has 0 aliphatic heterocycles. The summed E-state index contributed by atoms with van der Waals surface area (Å²) in [4.78, 5) is 43.1. The molecule has 10 nitrogen and oxygen atoms in total. The van der Waals surface area contributed by atoms with E-state index in [9.17, 15) is 29.4 Å². The molecule has 178 valence electrons. The number of carboxylic acids is 2. The molecule has 0 spiro atoms. The third-order valence-electron chi connectivity index (χ3n) is 3.48. The summed E-state index contributed by atoms with van der Waals surface area (Å²) in [6.45, 7) is 13.8. The van der Waals surface area contributed by atoms with Crippen molar-refractivity contribution in [2.45, 2.75) is 40.2 Å². The Morgan fingerprint density at radius 1 is 0.781 bits per heavy atom. The van der Waals surface area contributed by atoms with Crippen molar-refractivity contribution in [3.63, 3.8) is 0 Å². The molecule has 0 heterocycles. The van der Waals surface area contributed by atoms with Crippen LogP contribution in [-0.2, 0) is 28.7 Å². The molecule has 0 rings (SSSR count). The minimum absolute atomic E-state index is 0.0325. The van der Waals surface area contributed by atoms with Gasteiger partial charge in [-0.25, -0.2) is 19.2 Å². The summed E-state index contributed by atoms with van der Waals surface area (Å²) in [7, 11) is 0. The molecule has 0 aromatic heterocycles. The van der Waals surface area contributed by atoms with Gasteiger partial charge in [0.2, 0.25) is 0 Å². The number of rotatable bonds is 10. The molecule has 0 unspecified atom stereocenters. The number of hydrogen-bond acceptors (Lipinski definition) is 8. The second-order valence-corrected chi connectivity index (χ2v) is 6.60. The topological polar surface area (TPSA) is 168 Å². The van der Waals surface area contributed by atoms with Gasteiger partial charge in [0.15, 0.2) is 5.60 Å². The first kappa shape index (κ1) is 30.5. The predicted molar refractivity (Wildman–Crippen MR) is 116 cm³/mol. The van der Waals surface area contributed by atoms with Gasteiger partial charge in [0.1, 0.15) is 19.0 Å². The van der Waals surface area contributed by atoms with Crippen LogP contribution < -0.4 is 0 Å². The third kappa shape index (κ3) is 12.1. The molecular weight excluding hydrogens is 424 g/mol. The average Bonchev–Trinajstić information content (AvgIpc) is 2.69. The first-order valence-electron chi connectivity index (χ1n) is 9.17. The first-order valence-corrected chi connectivity index (χ1v) is 9.17. The number of aliphatic hydroxyl groups excluding tert-OH is 1. The van der Waals surface area contributed by atoms with Gasteiger partial charge in [-0.05, 0) is 52.8 Å². The Hall–Kier alpha value is -3.66. The van der Waals surface area contributed by atoms with Crippen LogP contribution in [0.25, 0.3) is 0 Å². The summed E-state index contributed by atoms with van der Waals surface area (Å²) in [6, 6.07) is 0. The fourth-order valence-electron chi connectivity index (χ4n) is 1.72. The van der Waals surface area contributed by atoms with Gasteiger partial charge in [0.25, 0.3) is 0 Å². The normalized spacial score (nSPS) is 13.6. The number of aliphatic hydroxyl groups is 2. The van der Waals surface area contributed by atoms with Gasteiger partial charge in [0.05, 0.1) is 0 Å². The van der Waals surface area contributed by atoms with Crippen molar-refractivity contribution in [3.05, 3.63) is 59.4 Å². The lowest BCUT2D eigenvalue weighted by Crippen LogP contribution is -2.28. The summed E-state index contributed by atoms with van der Waals surface area (Å²) in [5.41, 5.74) is -1.96. The highest BCUT2D eigenvalue weighted by Crippen LogP contribution is 2.22. The van der Waals surface area contributed by atoms with E-state index in [-0.39, 0.29) is 24.4 Å². The van der Waals surface area contributed by atoms with Crippen molar-refractivity contribution in [1.82, 2.24) is 0 Å². The highest BCUT2D eigenvalue weighted by atomic mass is 16.6. The first-order chi connectivity index (χ1) is 14.6. The van der Waals surface area contributed by atoms with E-state index in [1.54, 1.807) is 13.8 Å². The molecule has 0 atom stereocenters. The fourth-order valence-corrected chi connectivity index (χ4v) is 1.72. The molecule has 0 saturated carbocycles. The lowest BCUT2D eigenvalue weighted by Gasteiger charge is -2.21. The molecule has 0 aromatic carbocycles. The lowest BCUT2D eigenvalue weighted by molar-refractivity contribution is -0.147. The molecule has 0 fully saturated rings. The van der Waals surface area contributed by atoms with E-state index in [4.69, 9.17) is 10.2 Å². The maximum Gasteiger partial charge on any atom is 0.333 e. The summed E-state index contributed by atoms with van der Waals surface area (Å²) >= 11 is 0. The second-order valence-electron chi connectivity index (χ2n) is 6.60. The zero-order valence-electron chi connectivity index (χ0n) is 18.8. The highest BCUT2D eigenvalue weighted by Gasteiger charge is 2.28. The van der Waals surface area contributed by atoms with E-state index in [0.29, 0.717) is 11.1 Å². The van der Waals surface area contributed by atoms with Crippen LogP contribution in [0.4, 0.5) is 0 Å². The van der Waals surface area contributed by atoms with Crippen molar-refractivity contribution >= 4 is 23.9 Å². The lowest BCUT2D eigenvalue weighted by atomic mass is 9.95. The number of esters is 2. The number of carbonyl (C=O) groups is 4. The summed E-state index contributed by atoms with van der Waals surface area (Å²) < 4.78 is 9.38. The minimum Gasteiger partial charge on any atom is -0.509 e. The van der Waals surface area contributed by atoms with Crippen molar-refractivity contribution < 1.29 is 49.1 Å². The van der Waals surface area contributed by atoms with Crippen LogP contribution in [0.2, 0.25) is 0 Å². The van der Waals surface area contributed by atoms with Crippen molar-refractivity contribution in [2.24, 2.45) is 0 Å². The highest BCUT2D eigenvalue weighted by molar-refractivity contribution is 5.88. The Morgan fingerprint density at radius 2 is 1.09 bits per heavy atom. The van der Waals surface area contributed by atoms with Gasteiger partial charge in [0, 0.05) is 22.3 Å². The monoisotopic (exact) mass is 454 g/mol. The Bertz CT molecular complexity index is 785. The van der Waals surface area contributed by atoms with Crippen LogP contribution in [0.15, 0.2) is 59.4 Å². The van der Waals surface area contributed by atoms with Gasteiger partial charge in [-0.1, -0.05) is 13.2 Å².